The highest BCUT2D eigenvalue weighted by molar-refractivity contribution is 6.05. The summed E-state index contributed by atoms with van der Waals surface area (Å²) in [4.78, 5) is 49.5. The van der Waals surface area contributed by atoms with E-state index in [-0.39, 0.29) is 24.0 Å². The molecular formula is C19H20N2O5. The second kappa shape index (κ2) is 6.55. The van der Waals surface area contributed by atoms with Gasteiger partial charge >= 0.3 is 0 Å². The first kappa shape index (κ1) is 16.8. The highest BCUT2D eigenvalue weighted by Crippen LogP contribution is 2.31. The van der Waals surface area contributed by atoms with Gasteiger partial charge in [-0.2, -0.15) is 0 Å². The number of imide groups is 1. The van der Waals surface area contributed by atoms with Crippen LogP contribution in [0.3, 0.4) is 0 Å². The fraction of sp³-hybridized carbons (Fsp3) is 0.474. The number of nitrogens with zero attached hydrogens (tertiary/aromatic N) is 1. The second-order valence-electron chi connectivity index (χ2n) is 7.04. The van der Waals surface area contributed by atoms with Crippen molar-refractivity contribution >= 4 is 23.5 Å². The minimum absolute atomic E-state index is 0.123. The van der Waals surface area contributed by atoms with Gasteiger partial charge in [0.05, 0.1) is 0 Å². The lowest BCUT2D eigenvalue weighted by Crippen LogP contribution is -2.52. The first-order chi connectivity index (χ1) is 12.5. The molecule has 2 aliphatic heterocycles. The van der Waals surface area contributed by atoms with Gasteiger partial charge in [-0.05, 0) is 49.4 Å². The first-order valence-electron chi connectivity index (χ1n) is 9.00. The van der Waals surface area contributed by atoms with E-state index in [0.29, 0.717) is 30.7 Å². The van der Waals surface area contributed by atoms with Gasteiger partial charge in [0, 0.05) is 24.9 Å². The van der Waals surface area contributed by atoms with E-state index < -0.39 is 18.1 Å². The van der Waals surface area contributed by atoms with Crippen LogP contribution in [0.25, 0.3) is 0 Å². The lowest BCUT2D eigenvalue weighted by atomic mass is 9.96. The number of ketones is 1. The van der Waals surface area contributed by atoms with E-state index >= 15 is 0 Å². The van der Waals surface area contributed by atoms with Crippen molar-refractivity contribution in [1.29, 1.82) is 0 Å². The van der Waals surface area contributed by atoms with Crippen molar-refractivity contribution in [2.24, 2.45) is 0 Å². The van der Waals surface area contributed by atoms with E-state index in [1.807, 2.05) is 0 Å². The molecular weight excluding hydrogens is 336 g/mol. The van der Waals surface area contributed by atoms with Gasteiger partial charge in [-0.15, -0.1) is 0 Å². The largest absolute Gasteiger partial charge is 0.483 e. The number of carbonyl (C=O) groups excluding carboxylic acids is 4. The normalized spacial score (nSPS) is 25.9. The van der Waals surface area contributed by atoms with Crippen LogP contribution in [0.1, 0.15) is 54.4 Å². The zero-order valence-electron chi connectivity index (χ0n) is 14.3. The molecule has 0 bridgehead atoms. The quantitative estimate of drug-likeness (QED) is 0.825. The molecule has 1 saturated heterocycles. The Morgan fingerprint density at radius 3 is 2.65 bits per heavy atom. The third kappa shape index (κ3) is 2.98. The van der Waals surface area contributed by atoms with Gasteiger partial charge in [-0.25, -0.2) is 0 Å². The highest BCUT2D eigenvalue weighted by atomic mass is 16.5. The summed E-state index contributed by atoms with van der Waals surface area (Å²) in [5.41, 5.74) is 1.32. The average molecular weight is 356 g/mol. The molecule has 1 aromatic rings. The summed E-state index contributed by atoms with van der Waals surface area (Å²) >= 11 is 0. The van der Waals surface area contributed by atoms with E-state index in [4.69, 9.17) is 4.74 Å². The SMILES string of the molecule is O=C1CCC(N2Cc3cc(O[C@H]4CCCCC4=O)ccc3C2=O)C(=O)N1. The average Bonchev–Trinajstić information content (AvgIpc) is 2.93. The predicted octanol–water partition coefficient (Wildman–Crippen LogP) is 1.34. The van der Waals surface area contributed by atoms with Crippen molar-refractivity contribution in [3.63, 3.8) is 0 Å². The molecule has 1 aromatic carbocycles. The Kier molecular flexibility index (Phi) is 4.22. The molecule has 1 N–H and O–H groups in total. The van der Waals surface area contributed by atoms with Crippen LogP contribution < -0.4 is 10.1 Å². The molecule has 3 amide bonds. The maximum atomic E-state index is 12.6. The van der Waals surface area contributed by atoms with Crippen molar-refractivity contribution in [1.82, 2.24) is 10.2 Å². The number of hydrogen-bond donors (Lipinski definition) is 1. The summed E-state index contributed by atoms with van der Waals surface area (Å²) in [7, 11) is 0. The fourth-order valence-electron chi connectivity index (χ4n) is 3.86. The Morgan fingerprint density at radius 2 is 1.88 bits per heavy atom. The Morgan fingerprint density at radius 1 is 1.04 bits per heavy atom. The van der Waals surface area contributed by atoms with Crippen LogP contribution in [0.15, 0.2) is 18.2 Å². The number of rotatable bonds is 3. The van der Waals surface area contributed by atoms with Gasteiger partial charge in [-0.3, -0.25) is 24.5 Å². The molecule has 26 heavy (non-hydrogen) atoms. The standard InChI is InChI=1S/C19H20N2O5/c22-15-3-1-2-4-16(15)26-12-5-6-13-11(9-12)10-21(19(13)25)14-7-8-17(23)20-18(14)24/h5-6,9,14,16H,1-4,7-8,10H2,(H,20,23,24)/t14?,16-/m0/s1. The number of hydrogen-bond acceptors (Lipinski definition) is 5. The number of benzene rings is 1. The van der Waals surface area contributed by atoms with Crippen molar-refractivity contribution in [2.45, 2.75) is 57.2 Å². The van der Waals surface area contributed by atoms with Crippen molar-refractivity contribution < 1.29 is 23.9 Å². The molecule has 2 fully saturated rings. The number of ether oxygens (including phenoxy) is 1. The number of piperidine rings is 1. The summed E-state index contributed by atoms with van der Waals surface area (Å²) < 4.78 is 5.84. The van der Waals surface area contributed by atoms with Gasteiger partial charge in [0.1, 0.15) is 11.8 Å². The number of carbonyl (C=O) groups is 4. The van der Waals surface area contributed by atoms with E-state index in [2.05, 4.69) is 5.32 Å². The first-order valence-corrected chi connectivity index (χ1v) is 9.00. The summed E-state index contributed by atoms with van der Waals surface area (Å²) in [6.07, 6.45) is 3.32. The number of amides is 3. The summed E-state index contributed by atoms with van der Waals surface area (Å²) in [5, 5.41) is 2.29. The number of Topliss-reactive ketones (excluding diaryl/α,β-unsaturated/α-hetero) is 1. The van der Waals surface area contributed by atoms with Crippen LogP contribution in [0, 0.1) is 0 Å². The minimum Gasteiger partial charge on any atom is -0.483 e. The van der Waals surface area contributed by atoms with Gasteiger partial charge < -0.3 is 9.64 Å². The number of nitrogens with one attached hydrogen (secondary N) is 1. The van der Waals surface area contributed by atoms with Gasteiger partial charge in [0.2, 0.25) is 11.8 Å². The molecule has 2 heterocycles. The molecule has 0 aromatic heterocycles. The van der Waals surface area contributed by atoms with E-state index in [1.54, 1.807) is 18.2 Å². The molecule has 1 aliphatic carbocycles. The molecule has 4 rings (SSSR count). The minimum atomic E-state index is -0.628. The van der Waals surface area contributed by atoms with Crippen molar-refractivity contribution in [2.75, 3.05) is 0 Å². The lowest BCUT2D eigenvalue weighted by molar-refractivity contribution is -0.137. The molecule has 2 atom stereocenters. The van der Waals surface area contributed by atoms with E-state index in [0.717, 1.165) is 24.8 Å². The second-order valence-corrected chi connectivity index (χ2v) is 7.04. The fourth-order valence-corrected chi connectivity index (χ4v) is 3.86. The van der Waals surface area contributed by atoms with Crippen molar-refractivity contribution in [3.05, 3.63) is 29.3 Å². The summed E-state index contributed by atoms with van der Waals surface area (Å²) in [6, 6.07) is 4.54. The predicted molar refractivity (Wildman–Crippen MR) is 90.4 cm³/mol. The zero-order valence-corrected chi connectivity index (χ0v) is 14.3. The monoisotopic (exact) mass is 356 g/mol. The molecule has 0 radical (unpaired) electrons. The summed E-state index contributed by atoms with van der Waals surface area (Å²) in [5.74, 6) is -0.246. The Bertz CT molecular complexity index is 803. The lowest BCUT2D eigenvalue weighted by Gasteiger charge is -2.29. The third-order valence-electron chi connectivity index (χ3n) is 5.27. The van der Waals surface area contributed by atoms with E-state index in [9.17, 15) is 19.2 Å². The maximum Gasteiger partial charge on any atom is 0.255 e. The zero-order chi connectivity index (χ0) is 18.3. The van der Waals surface area contributed by atoms with Crippen LogP contribution in [-0.4, -0.2) is 40.6 Å². The van der Waals surface area contributed by atoms with Crippen LogP contribution in [0.5, 0.6) is 5.75 Å². The van der Waals surface area contributed by atoms with Crippen LogP contribution in [0.4, 0.5) is 0 Å². The molecule has 7 nitrogen and oxygen atoms in total. The van der Waals surface area contributed by atoms with Gasteiger partial charge in [-0.1, -0.05) is 0 Å². The molecule has 3 aliphatic rings. The van der Waals surface area contributed by atoms with Crippen LogP contribution in [0.2, 0.25) is 0 Å². The highest BCUT2D eigenvalue weighted by Gasteiger charge is 2.39. The van der Waals surface area contributed by atoms with Crippen molar-refractivity contribution in [3.8, 4) is 5.75 Å². The third-order valence-corrected chi connectivity index (χ3v) is 5.27. The molecule has 136 valence electrons. The van der Waals surface area contributed by atoms with Crippen LogP contribution in [-0.2, 0) is 20.9 Å². The Labute approximate surface area is 150 Å². The molecule has 0 spiro atoms. The molecule has 1 unspecified atom stereocenters. The van der Waals surface area contributed by atoms with Gasteiger partial charge in [0.15, 0.2) is 11.9 Å². The Hall–Kier alpha value is -2.70. The van der Waals surface area contributed by atoms with Gasteiger partial charge in [0.25, 0.3) is 5.91 Å². The Balaban J connectivity index is 1.50. The van der Waals surface area contributed by atoms with Crippen LogP contribution >= 0.6 is 0 Å². The smallest absolute Gasteiger partial charge is 0.255 e. The maximum absolute atomic E-state index is 12.6. The number of fused-ring (bicyclic) bond motifs is 1. The summed E-state index contributed by atoms with van der Waals surface area (Å²) in [6.45, 7) is 0.302. The molecule has 7 heteroatoms. The van der Waals surface area contributed by atoms with E-state index in [1.165, 1.54) is 4.90 Å². The topological polar surface area (TPSA) is 92.8 Å². The molecule has 1 saturated carbocycles.